The zero-order chi connectivity index (χ0) is 20.4. The van der Waals surface area contributed by atoms with Crippen LogP contribution in [0.3, 0.4) is 0 Å². The molecule has 1 aliphatic heterocycles. The number of hydrogen-bond acceptors (Lipinski definition) is 6. The molecule has 8 nitrogen and oxygen atoms in total. The van der Waals surface area contributed by atoms with Gasteiger partial charge in [-0.1, -0.05) is 12.1 Å². The van der Waals surface area contributed by atoms with Crippen LogP contribution in [0.1, 0.15) is 49.1 Å². The highest BCUT2D eigenvalue weighted by Crippen LogP contribution is 2.38. The summed E-state index contributed by atoms with van der Waals surface area (Å²) in [5, 5.41) is 8.97. The number of carboxylic acids is 1. The van der Waals surface area contributed by atoms with E-state index in [1.807, 2.05) is 12.1 Å². The van der Waals surface area contributed by atoms with Crippen LogP contribution < -0.4 is 15.4 Å². The van der Waals surface area contributed by atoms with E-state index < -0.39 is 5.97 Å². The number of carboxylic acid groups (broad SMARTS) is 1. The molecule has 2 heterocycles. The zero-order valence-corrected chi connectivity index (χ0v) is 16.1. The lowest BCUT2D eigenvalue weighted by molar-refractivity contribution is -0.138. The highest BCUT2D eigenvalue weighted by molar-refractivity contribution is 5.95. The molecule has 1 amide bonds. The molecule has 3 N–H and O–H groups in total. The van der Waals surface area contributed by atoms with Gasteiger partial charge in [0.15, 0.2) is 6.61 Å². The number of hydrogen-bond donors (Lipinski definition) is 2. The summed E-state index contributed by atoms with van der Waals surface area (Å²) in [5.74, 6) is 0.501. The maximum absolute atomic E-state index is 12.6. The van der Waals surface area contributed by atoms with Crippen LogP contribution in [0.25, 0.3) is 0 Å². The molecular formula is C21H24N4O4. The minimum absolute atomic E-state index is 0.0984. The van der Waals surface area contributed by atoms with Gasteiger partial charge < -0.3 is 20.5 Å². The maximum atomic E-state index is 12.6. The predicted octanol–water partition coefficient (Wildman–Crippen LogP) is 2.73. The molecule has 1 aliphatic carbocycles. The van der Waals surface area contributed by atoms with Gasteiger partial charge >= 0.3 is 5.97 Å². The minimum atomic E-state index is -0.712. The van der Waals surface area contributed by atoms with Gasteiger partial charge in [-0.3, -0.25) is 9.59 Å². The number of fused-ring (bicyclic) bond motifs is 1. The first kappa shape index (κ1) is 19.2. The zero-order valence-electron chi connectivity index (χ0n) is 16.1. The van der Waals surface area contributed by atoms with E-state index in [-0.39, 0.29) is 31.4 Å². The van der Waals surface area contributed by atoms with Gasteiger partial charge in [-0.25, -0.2) is 9.97 Å². The van der Waals surface area contributed by atoms with Crippen LogP contribution in [0.5, 0.6) is 5.88 Å². The second-order valence-corrected chi connectivity index (χ2v) is 7.72. The molecule has 29 heavy (non-hydrogen) atoms. The molecule has 4 rings (SSSR count). The number of benzene rings is 1. The van der Waals surface area contributed by atoms with Crippen LogP contribution in [-0.2, 0) is 16.1 Å². The van der Waals surface area contributed by atoms with Crippen molar-refractivity contribution in [2.45, 2.75) is 44.6 Å². The summed E-state index contributed by atoms with van der Waals surface area (Å²) in [5.41, 5.74) is 8.57. The SMILES string of the molecule is Nc1ncnc2c1CN(c1ccc(C3CCC(CC(=O)O)CC3)cc1)C(=O)CO2. The number of carbonyl (C=O) groups excluding carboxylic acids is 1. The topological polar surface area (TPSA) is 119 Å². The smallest absolute Gasteiger partial charge is 0.303 e. The fraction of sp³-hybridized carbons (Fsp3) is 0.429. The van der Waals surface area contributed by atoms with Crippen molar-refractivity contribution in [2.75, 3.05) is 17.2 Å². The number of carbonyl (C=O) groups is 2. The Balaban J connectivity index is 1.47. The molecule has 8 heteroatoms. The first-order valence-electron chi connectivity index (χ1n) is 9.85. The molecular weight excluding hydrogens is 372 g/mol. The molecule has 1 aromatic heterocycles. The van der Waals surface area contributed by atoms with E-state index in [1.54, 1.807) is 4.90 Å². The number of nitrogen functional groups attached to an aromatic ring is 1. The number of amides is 1. The molecule has 0 bridgehead atoms. The summed E-state index contributed by atoms with van der Waals surface area (Å²) >= 11 is 0. The van der Waals surface area contributed by atoms with Gasteiger partial charge in [0, 0.05) is 12.1 Å². The summed E-state index contributed by atoms with van der Waals surface area (Å²) in [6, 6.07) is 8.01. The number of aliphatic carboxylic acids is 1. The lowest BCUT2D eigenvalue weighted by Crippen LogP contribution is -2.32. The molecule has 1 aromatic carbocycles. The average molecular weight is 396 g/mol. The largest absolute Gasteiger partial charge is 0.481 e. The third kappa shape index (κ3) is 4.16. The van der Waals surface area contributed by atoms with Crippen molar-refractivity contribution in [3.05, 3.63) is 41.7 Å². The Morgan fingerprint density at radius 2 is 1.90 bits per heavy atom. The van der Waals surface area contributed by atoms with E-state index in [0.29, 0.717) is 23.2 Å². The fourth-order valence-electron chi connectivity index (χ4n) is 4.24. The van der Waals surface area contributed by atoms with Crippen LogP contribution >= 0.6 is 0 Å². The van der Waals surface area contributed by atoms with E-state index in [4.69, 9.17) is 15.6 Å². The minimum Gasteiger partial charge on any atom is -0.481 e. The highest BCUT2D eigenvalue weighted by Gasteiger charge is 2.27. The summed E-state index contributed by atoms with van der Waals surface area (Å²) < 4.78 is 5.49. The number of aromatic nitrogens is 2. The molecule has 0 unspecified atom stereocenters. The second kappa shape index (κ2) is 8.06. The standard InChI is InChI=1S/C21H24N4O4/c22-20-17-10-25(18(26)11-29-21(17)24-12-23-20)16-7-5-15(6-8-16)14-3-1-13(2-4-14)9-19(27)28/h5-8,12-14H,1-4,9-11H2,(H,27,28)(H2,22,23,24). The van der Waals surface area contributed by atoms with Gasteiger partial charge in [0.05, 0.1) is 12.1 Å². The molecule has 1 saturated carbocycles. The van der Waals surface area contributed by atoms with Gasteiger partial charge in [0.25, 0.3) is 5.91 Å². The van der Waals surface area contributed by atoms with Gasteiger partial charge in [0.1, 0.15) is 12.1 Å². The van der Waals surface area contributed by atoms with Crippen molar-refractivity contribution in [1.82, 2.24) is 9.97 Å². The molecule has 1 fully saturated rings. The predicted molar refractivity (Wildman–Crippen MR) is 107 cm³/mol. The fourth-order valence-corrected chi connectivity index (χ4v) is 4.24. The van der Waals surface area contributed by atoms with Crippen molar-refractivity contribution in [3.8, 4) is 5.88 Å². The summed E-state index contributed by atoms with van der Waals surface area (Å²) in [6.07, 6.45) is 5.46. The Labute approximate surface area is 168 Å². The van der Waals surface area contributed by atoms with Crippen LogP contribution in [0, 0.1) is 5.92 Å². The Bertz CT molecular complexity index is 907. The van der Waals surface area contributed by atoms with Crippen molar-refractivity contribution in [1.29, 1.82) is 0 Å². The summed E-state index contributed by atoms with van der Waals surface area (Å²) in [7, 11) is 0. The number of nitrogens with two attached hydrogens (primary N) is 1. The highest BCUT2D eigenvalue weighted by atomic mass is 16.5. The molecule has 0 saturated heterocycles. The second-order valence-electron chi connectivity index (χ2n) is 7.72. The quantitative estimate of drug-likeness (QED) is 0.815. The van der Waals surface area contributed by atoms with E-state index in [0.717, 1.165) is 31.4 Å². The van der Waals surface area contributed by atoms with E-state index >= 15 is 0 Å². The van der Waals surface area contributed by atoms with Crippen molar-refractivity contribution in [2.24, 2.45) is 5.92 Å². The Morgan fingerprint density at radius 3 is 2.59 bits per heavy atom. The van der Waals surface area contributed by atoms with Gasteiger partial charge in [-0.05, 0) is 55.2 Å². The lowest BCUT2D eigenvalue weighted by atomic mass is 9.77. The first-order valence-corrected chi connectivity index (χ1v) is 9.85. The third-order valence-corrected chi connectivity index (χ3v) is 5.88. The van der Waals surface area contributed by atoms with Gasteiger partial charge in [0.2, 0.25) is 5.88 Å². The first-order chi connectivity index (χ1) is 14.0. The van der Waals surface area contributed by atoms with E-state index in [2.05, 4.69) is 22.1 Å². The molecule has 0 spiro atoms. The molecule has 2 aliphatic rings. The summed E-state index contributed by atoms with van der Waals surface area (Å²) in [6.45, 7) is 0.166. The van der Waals surface area contributed by atoms with Crippen molar-refractivity contribution in [3.63, 3.8) is 0 Å². The van der Waals surface area contributed by atoms with E-state index in [9.17, 15) is 9.59 Å². The van der Waals surface area contributed by atoms with E-state index in [1.165, 1.54) is 11.9 Å². The van der Waals surface area contributed by atoms with Crippen LogP contribution in [0.15, 0.2) is 30.6 Å². The molecule has 0 atom stereocenters. The number of ether oxygens (including phenoxy) is 1. The third-order valence-electron chi connectivity index (χ3n) is 5.88. The maximum Gasteiger partial charge on any atom is 0.303 e. The molecule has 152 valence electrons. The Hall–Kier alpha value is -3.16. The average Bonchev–Trinajstić information content (AvgIpc) is 2.88. The van der Waals surface area contributed by atoms with Crippen molar-refractivity contribution < 1.29 is 19.4 Å². The number of rotatable bonds is 4. The Kier molecular flexibility index (Phi) is 5.33. The Morgan fingerprint density at radius 1 is 1.17 bits per heavy atom. The van der Waals surface area contributed by atoms with Crippen LogP contribution in [-0.4, -0.2) is 33.6 Å². The summed E-state index contributed by atoms with van der Waals surface area (Å²) in [4.78, 5) is 33.2. The number of anilines is 2. The van der Waals surface area contributed by atoms with Gasteiger partial charge in [-0.15, -0.1) is 0 Å². The van der Waals surface area contributed by atoms with Crippen LogP contribution in [0.4, 0.5) is 11.5 Å². The molecule has 2 aromatic rings. The van der Waals surface area contributed by atoms with Crippen molar-refractivity contribution >= 4 is 23.4 Å². The lowest BCUT2D eigenvalue weighted by Gasteiger charge is -2.28. The number of nitrogens with zero attached hydrogens (tertiary/aromatic N) is 3. The molecule has 0 radical (unpaired) electrons. The van der Waals surface area contributed by atoms with Gasteiger partial charge in [-0.2, -0.15) is 0 Å². The van der Waals surface area contributed by atoms with Crippen LogP contribution in [0.2, 0.25) is 0 Å². The monoisotopic (exact) mass is 396 g/mol. The normalized spacial score (nSPS) is 21.8.